The third-order valence-electron chi connectivity index (χ3n) is 4.01. The summed E-state index contributed by atoms with van der Waals surface area (Å²) in [5.74, 6) is -0.139. The van der Waals surface area contributed by atoms with Crippen LogP contribution in [0.5, 0.6) is 0 Å². The third-order valence-corrected chi connectivity index (χ3v) is 4.50. The molecule has 1 heterocycles. The lowest BCUT2D eigenvalue weighted by Crippen LogP contribution is -2.43. The van der Waals surface area contributed by atoms with Gasteiger partial charge in [-0.25, -0.2) is 4.39 Å². The molecule has 2 rings (SSSR count). The Kier molecular flexibility index (Phi) is 5.37. The van der Waals surface area contributed by atoms with E-state index in [2.05, 4.69) is 33.2 Å². The molecule has 1 aromatic rings. The molecule has 0 bridgehead atoms. The van der Waals surface area contributed by atoms with E-state index in [4.69, 9.17) is 0 Å². The minimum absolute atomic E-state index is 0.0350. The van der Waals surface area contributed by atoms with Crippen LogP contribution in [0.15, 0.2) is 22.7 Å². The van der Waals surface area contributed by atoms with Crippen molar-refractivity contribution in [1.29, 1.82) is 0 Å². The van der Waals surface area contributed by atoms with Gasteiger partial charge in [0.25, 0.3) is 0 Å². The molecule has 19 heavy (non-hydrogen) atoms. The minimum atomic E-state index is -0.139. The van der Waals surface area contributed by atoms with Gasteiger partial charge >= 0.3 is 0 Å². The van der Waals surface area contributed by atoms with Crippen LogP contribution in [-0.2, 0) is 0 Å². The van der Waals surface area contributed by atoms with Crippen LogP contribution in [0.1, 0.15) is 37.8 Å². The van der Waals surface area contributed by atoms with E-state index in [9.17, 15) is 4.39 Å². The van der Waals surface area contributed by atoms with Gasteiger partial charge < -0.3 is 10.2 Å². The summed E-state index contributed by atoms with van der Waals surface area (Å²) in [6.07, 6.45) is 3.83. The van der Waals surface area contributed by atoms with Crippen LogP contribution in [0.3, 0.4) is 0 Å². The maximum atomic E-state index is 13.8. The number of rotatable bonds is 4. The van der Waals surface area contributed by atoms with E-state index >= 15 is 0 Å². The second-order valence-electron chi connectivity index (χ2n) is 5.43. The quantitative estimate of drug-likeness (QED) is 0.906. The van der Waals surface area contributed by atoms with Gasteiger partial charge in [-0.1, -0.05) is 22.4 Å². The van der Waals surface area contributed by atoms with E-state index in [1.807, 2.05) is 13.0 Å². The van der Waals surface area contributed by atoms with Gasteiger partial charge in [-0.05, 0) is 51.6 Å². The van der Waals surface area contributed by atoms with Crippen molar-refractivity contribution >= 4 is 15.9 Å². The average molecular weight is 329 g/mol. The molecule has 1 saturated heterocycles. The molecule has 1 aliphatic rings. The number of benzene rings is 1. The van der Waals surface area contributed by atoms with Gasteiger partial charge in [0.1, 0.15) is 5.82 Å². The van der Waals surface area contributed by atoms with Crippen molar-refractivity contribution in [3.63, 3.8) is 0 Å². The Morgan fingerprint density at radius 1 is 1.47 bits per heavy atom. The highest BCUT2D eigenvalue weighted by Gasteiger charge is 2.20. The number of piperidine rings is 1. The van der Waals surface area contributed by atoms with Gasteiger partial charge in [0.15, 0.2) is 0 Å². The van der Waals surface area contributed by atoms with Crippen molar-refractivity contribution in [2.75, 3.05) is 20.1 Å². The molecule has 0 saturated carbocycles. The van der Waals surface area contributed by atoms with Crippen LogP contribution in [0, 0.1) is 5.82 Å². The Hall–Kier alpha value is -0.450. The van der Waals surface area contributed by atoms with E-state index in [0.29, 0.717) is 6.04 Å². The number of hydrogen-bond donors (Lipinski definition) is 1. The summed E-state index contributed by atoms with van der Waals surface area (Å²) in [6, 6.07) is 5.72. The van der Waals surface area contributed by atoms with E-state index in [0.717, 1.165) is 16.6 Å². The van der Waals surface area contributed by atoms with Crippen molar-refractivity contribution < 1.29 is 4.39 Å². The van der Waals surface area contributed by atoms with Crippen molar-refractivity contribution in [2.45, 2.75) is 38.3 Å². The lowest BCUT2D eigenvalue weighted by molar-refractivity contribution is 0.178. The molecule has 2 nitrogen and oxygen atoms in total. The van der Waals surface area contributed by atoms with Gasteiger partial charge in [-0.2, -0.15) is 0 Å². The van der Waals surface area contributed by atoms with Crippen LogP contribution in [0.2, 0.25) is 0 Å². The van der Waals surface area contributed by atoms with Crippen molar-refractivity contribution in [3.8, 4) is 0 Å². The zero-order valence-corrected chi connectivity index (χ0v) is 13.2. The average Bonchev–Trinajstić information content (AvgIpc) is 2.40. The molecule has 1 aliphatic heterocycles. The SMILES string of the molecule is CC(NCC1CCCCN1C)c1cc(Br)ccc1F. The fraction of sp³-hybridized carbons (Fsp3) is 0.600. The first-order chi connectivity index (χ1) is 9.08. The fourth-order valence-corrected chi connectivity index (χ4v) is 3.05. The number of nitrogens with zero attached hydrogens (tertiary/aromatic N) is 1. The third kappa shape index (κ3) is 4.01. The lowest BCUT2D eigenvalue weighted by Gasteiger charge is -2.33. The Bertz CT molecular complexity index is 425. The standard InChI is InChI=1S/C15H22BrFN2/c1-11(14-9-12(16)6-7-15(14)17)18-10-13-5-3-4-8-19(13)2/h6-7,9,11,13,18H,3-5,8,10H2,1-2H3. The summed E-state index contributed by atoms with van der Waals surface area (Å²) >= 11 is 3.40. The molecule has 2 unspecified atom stereocenters. The van der Waals surface area contributed by atoms with Gasteiger partial charge in [0, 0.05) is 28.7 Å². The van der Waals surface area contributed by atoms with Gasteiger partial charge in [-0.3, -0.25) is 0 Å². The van der Waals surface area contributed by atoms with Crippen LogP contribution in [-0.4, -0.2) is 31.1 Å². The van der Waals surface area contributed by atoms with Gasteiger partial charge in [0.2, 0.25) is 0 Å². The lowest BCUT2D eigenvalue weighted by atomic mass is 10.0. The van der Waals surface area contributed by atoms with E-state index in [1.54, 1.807) is 6.07 Å². The highest BCUT2D eigenvalue weighted by molar-refractivity contribution is 9.10. The van der Waals surface area contributed by atoms with E-state index < -0.39 is 0 Å². The molecular formula is C15H22BrFN2. The molecule has 2 atom stereocenters. The predicted octanol–water partition coefficient (Wildman–Crippen LogP) is 3.72. The number of likely N-dealkylation sites (N-methyl/N-ethyl adjacent to an activating group) is 1. The molecule has 1 fully saturated rings. The molecule has 0 amide bonds. The molecule has 106 valence electrons. The summed E-state index contributed by atoms with van der Waals surface area (Å²) in [5.41, 5.74) is 0.729. The first kappa shape index (κ1) is 14.9. The summed E-state index contributed by atoms with van der Waals surface area (Å²) in [6.45, 7) is 4.11. The monoisotopic (exact) mass is 328 g/mol. The number of halogens is 2. The highest BCUT2D eigenvalue weighted by atomic mass is 79.9. The second kappa shape index (κ2) is 6.82. The van der Waals surface area contributed by atoms with Crippen LogP contribution < -0.4 is 5.32 Å². The van der Waals surface area contributed by atoms with Crippen molar-refractivity contribution in [1.82, 2.24) is 10.2 Å². The zero-order chi connectivity index (χ0) is 13.8. The summed E-state index contributed by atoms with van der Waals surface area (Å²) in [5, 5.41) is 3.46. The van der Waals surface area contributed by atoms with Crippen LogP contribution >= 0.6 is 15.9 Å². The minimum Gasteiger partial charge on any atom is -0.309 e. The zero-order valence-electron chi connectivity index (χ0n) is 11.6. The van der Waals surface area contributed by atoms with Crippen molar-refractivity contribution in [3.05, 3.63) is 34.1 Å². The molecular weight excluding hydrogens is 307 g/mol. The van der Waals surface area contributed by atoms with Gasteiger partial charge in [-0.15, -0.1) is 0 Å². The fourth-order valence-electron chi connectivity index (χ4n) is 2.67. The molecule has 1 N–H and O–H groups in total. The number of hydrogen-bond acceptors (Lipinski definition) is 2. The number of nitrogens with one attached hydrogen (secondary N) is 1. The molecule has 0 aliphatic carbocycles. The van der Waals surface area contributed by atoms with Crippen LogP contribution in [0.25, 0.3) is 0 Å². The van der Waals surface area contributed by atoms with E-state index in [1.165, 1.54) is 31.9 Å². The first-order valence-corrected chi connectivity index (χ1v) is 7.76. The Labute approximate surface area is 123 Å². The number of likely N-dealkylation sites (tertiary alicyclic amines) is 1. The Balaban J connectivity index is 1.93. The Morgan fingerprint density at radius 3 is 3.00 bits per heavy atom. The first-order valence-electron chi connectivity index (χ1n) is 6.96. The maximum absolute atomic E-state index is 13.8. The topological polar surface area (TPSA) is 15.3 Å². The smallest absolute Gasteiger partial charge is 0.128 e. The summed E-state index contributed by atoms with van der Waals surface area (Å²) < 4.78 is 14.7. The Morgan fingerprint density at radius 2 is 2.26 bits per heavy atom. The molecule has 0 aromatic heterocycles. The second-order valence-corrected chi connectivity index (χ2v) is 6.34. The summed E-state index contributed by atoms with van der Waals surface area (Å²) in [4.78, 5) is 2.40. The normalized spacial score (nSPS) is 22.4. The van der Waals surface area contributed by atoms with Crippen molar-refractivity contribution in [2.24, 2.45) is 0 Å². The predicted molar refractivity (Wildman–Crippen MR) is 80.8 cm³/mol. The molecule has 0 radical (unpaired) electrons. The van der Waals surface area contributed by atoms with Gasteiger partial charge in [0.05, 0.1) is 0 Å². The molecule has 1 aromatic carbocycles. The highest BCUT2D eigenvalue weighted by Crippen LogP contribution is 2.22. The summed E-state index contributed by atoms with van der Waals surface area (Å²) in [7, 11) is 2.18. The molecule has 4 heteroatoms. The molecule has 0 spiro atoms. The van der Waals surface area contributed by atoms with E-state index in [-0.39, 0.29) is 11.9 Å². The van der Waals surface area contributed by atoms with Crippen LogP contribution in [0.4, 0.5) is 4.39 Å². The maximum Gasteiger partial charge on any atom is 0.128 e. The largest absolute Gasteiger partial charge is 0.309 e.